The number of benzene rings is 3. The number of fused-ring (bicyclic) bond motifs is 6. The Morgan fingerprint density at radius 2 is 0.893 bits per heavy atom. The molecule has 0 radical (unpaired) electrons. The first kappa shape index (κ1) is 43.7. The second-order valence-electron chi connectivity index (χ2n) is 17.0. The van der Waals surface area contributed by atoms with Crippen LogP contribution in [0.1, 0.15) is 196 Å². The maximum Gasteiger partial charge on any atom is 0.317 e. The fourth-order valence-electron chi connectivity index (χ4n) is 9.91. The van der Waals surface area contributed by atoms with Gasteiger partial charge in [-0.15, -0.1) is 0 Å². The second-order valence-corrected chi connectivity index (χ2v) is 17.0. The van der Waals surface area contributed by atoms with E-state index in [1.807, 2.05) is 30.3 Å². The van der Waals surface area contributed by atoms with Gasteiger partial charge in [-0.1, -0.05) is 234 Å². The molecule has 5 rings (SSSR count). The van der Waals surface area contributed by atoms with Crippen LogP contribution in [0.3, 0.4) is 0 Å². The molecule has 56 heavy (non-hydrogen) atoms. The summed E-state index contributed by atoms with van der Waals surface area (Å²) in [7, 11) is 0. The highest BCUT2D eigenvalue weighted by molar-refractivity contribution is 5.99. The summed E-state index contributed by atoms with van der Waals surface area (Å²) in [6.45, 7) is 5.38. The Morgan fingerprint density at radius 1 is 0.464 bits per heavy atom. The molecule has 1 fully saturated rings. The smallest absolute Gasteiger partial charge is 0.317 e. The molecular formula is C52H74O4. The number of rotatable bonds is 29. The minimum absolute atomic E-state index is 0.189. The molecule has 4 heteroatoms. The van der Waals surface area contributed by atoms with Crippen LogP contribution >= 0.6 is 0 Å². The van der Waals surface area contributed by atoms with Crippen molar-refractivity contribution in [1.82, 2.24) is 0 Å². The van der Waals surface area contributed by atoms with Crippen LogP contribution < -0.4 is 0 Å². The first-order valence-electron chi connectivity index (χ1n) is 23.2. The molecule has 2 aliphatic rings. The lowest BCUT2D eigenvalue weighted by molar-refractivity contribution is -0.172. The molecule has 4 atom stereocenters. The van der Waals surface area contributed by atoms with Gasteiger partial charge in [-0.25, -0.2) is 0 Å². The van der Waals surface area contributed by atoms with Gasteiger partial charge in [0, 0.05) is 11.8 Å². The quantitative estimate of drug-likeness (QED) is 0.0522. The van der Waals surface area contributed by atoms with Crippen LogP contribution in [0.5, 0.6) is 0 Å². The van der Waals surface area contributed by atoms with Crippen LogP contribution in [0, 0.1) is 5.92 Å². The third-order valence-corrected chi connectivity index (χ3v) is 12.9. The van der Waals surface area contributed by atoms with Gasteiger partial charge in [0.05, 0.1) is 19.1 Å². The van der Waals surface area contributed by atoms with Crippen LogP contribution in [0.25, 0.3) is 11.1 Å². The Balaban J connectivity index is 1.21. The third kappa shape index (κ3) is 11.4. The molecule has 3 aromatic carbocycles. The van der Waals surface area contributed by atoms with Gasteiger partial charge < -0.3 is 9.47 Å². The van der Waals surface area contributed by atoms with Crippen molar-refractivity contribution in [2.45, 2.75) is 185 Å². The van der Waals surface area contributed by atoms with Gasteiger partial charge in [0.2, 0.25) is 0 Å². The number of ether oxygens (including phenoxy) is 2. The highest BCUT2D eigenvalue weighted by Crippen LogP contribution is 2.71. The summed E-state index contributed by atoms with van der Waals surface area (Å²) < 4.78 is 12.5. The molecule has 0 N–H and O–H groups in total. The molecule has 3 aromatic rings. The van der Waals surface area contributed by atoms with E-state index in [4.69, 9.17) is 9.47 Å². The number of carbonyl (C=O) groups is 2. The minimum atomic E-state index is -1.01. The number of unbranched alkanes of at least 4 members (excludes halogenated alkanes) is 22. The van der Waals surface area contributed by atoms with Gasteiger partial charge in [-0.3, -0.25) is 9.59 Å². The van der Waals surface area contributed by atoms with Gasteiger partial charge >= 0.3 is 11.9 Å². The summed E-state index contributed by atoms with van der Waals surface area (Å²) in [5, 5.41) is 0. The van der Waals surface area contributed by atoms with Gasteiger partial charge in [-0.2, -0.15) is 0 Å². The lowest BCUT2D eigenvalue weighted by Gasteiger charge is -2.61. The number of hydrogen-bond donors (Lipinski definition) is 0. The van der Waals surface area contributed by atoms with Crippen LogP contribution in [0.4, 0.5) is 0 Å². The average molecular weight is 763 g/mol. The highest BCUT2D eigenvalue weighted by Gasteiger charge is 2.73. The SMILES string of the molecule is CCCCCCCCCCCCCCOC(=O)[C@@H]1C2c3ccccc3-c3ccccc3[C@@]2(C(=O)OCCCCCCCCCCCCCC)[C@H]1c1ccccc1. The Labute approximate surface area is 340 Å². The lowest BCUT2D eigenvalue weighted by Crippen LogP contribution is -2.65. The third-order valence-electron chi connectivity index (χ3n) is 12.9. The zero-order chi connectivity index (χ0) is 39.3. The molecule has 0 amide bonds. The van der Waals surface area contributed by atoms with Crippen LogP contribution in [0.2, 0.25) is 0 Å². The fraction of sp³-hybridized carbons (Fsp3) is 0.615. The maximum absolute atomic E-state index is 14.9. The van der Waals surface area contributed by atoms with E-state index in [1.165, 1.54) is 128 Å². The molecule has 0 bridgehead atoms. The topological polar surface area (TPSA) is 52.6 Å². The second kappa shape index (κ2) is 24.4. The molecule has 2 aliphatic carbocycles. The first-order chi connectivity index (χ1) is 27.7. The monoisotopic (exact) mass is 763 g/mol. The van der Waals surface area contributed by atoms with E-state index >= 15 is 0 Å². The molecule has 0 aliphatic heterocycles. The summed E-state index contributed by atoms with van der Waals surface area (Å²) >= 11 is 0. The molecule has 306 valence electrons. The normalized spacial score (nSPS) is 19.4. The molecule has 0 saturated heterocycles. The van der Waals surface area contributed by atoms with Crippen molar-refractivity contribution in [3.63, 3.8) is 0 Å². The van der Waals surface area contributed by atoms with E-state index in [2.05, 4.69) is 62.4 Å². The maximum atomic E-state index is 14.9. The van der Waals surface area contributed by atoms with Crippen molar-refractivity contribution in [3.05, 3.63) is 95.6 Å². The van der Waals surface area contributed by atoms with E-state index < -0.39 is 11.3 Å². The number of carbonyl (C=O) groups excluding carboxylic acids is 2. The van der Waals surface area contributed by atoms with E-state index in [1.54, 1.807) is 0 Å². The summed E-state index contributed by atoms with van der Waals surface area (Å²) in [6.07, 6.45) is 30.3. The van der Waals surface area contributed by atoms with Crippen LogP contribution in [-0.2, 0) is 24.5 Å². The van der Waals surface area contributed by atoms with Crippen LogP contribution in [-0.4, -0.2) is 25.2 Å². The summed E-state index contributed by atoms with van der Waals surface area (Å²) in [6, 6.07) is 26.9. The molecule has 0 spiro atoms. The van der Waals surface area contributed by atoms with Crippen LogP contribution in [0.15, 0.2) is 78.9 Å². The van der Waals surface area contributed by atoms with E-state index in [-0.39, 0.29) is 23.8 Å². The lowest BCUT2D eigenvalue weighted by atomic mass is 9.39. The van der Waals surface area contributed by atoms with E-state index in [0.29, 0.717) is 13.2 Å². The van der Waals surface area contributed by atoms with E-state index in [0.717, 1.165) is 53.5 Å². The zero-order valence-corrected chi connectivity index (χ0v) is 35.3. The molecule has 0 heterocycles. The molecular weight excluding hydrogens is 689 g/mol. The zero-order valence-electron chi connectivity index (χ0n) is 35.3. The predicted molar refractivity (Wildman–Crippen MR) is 233 cm³/mol. The van der Waals surface area contributed by atoms with Crippen molar-refractivity contribution in [2.75, 3.05) is 13.2 Å². The predicted octanol–water partition coefficient (Wildman–Crippen LogP) is 14.6. The summed E-state index contributed by atoms with van der Waals surface area (Å²) in [4.78, 5) is 29.3. The standard InChI is InChI=1S/C52H74O4/c1-3-5-7-9-11-13-15-17-19-21-23-32-40-55-50(53)47-48(42-34-26-25-27-35-42)52(46-39-31-30-37-44(46)43-36-28-29-38-45(43)49(47)52)51(54)56-41-33-24-22-20-18-16-14-12-10-8-6-4-2/h25-31,34-39,47-49H,3-24,32-33,40-41H2,1-2H3/t47-,48-,49?,52+/m0/s1. The Hall–Kier alpha value is -3.40. The van der Waals surface area contributed by atoms with Crippen molar-refractivity contribution in [2.24, 2.45) is 5.92 Å². The average Bonchev–Trinajstić information content (AvgIpc) is 3.22. The van der Waals surface area contributed by atoms with Crippen molar-refractivity contribution in [3.8, 4) is 11.1 Å². The van der Waals surface area contributed by atoms with Gasteiger partial charge in [0.25, 0.3) is 0 Å². The van der Waals surface area contributed by atoms with Gasteiger partial charge in [-0.05, 0) is 40.7 Å². The van der Waals surface area contributed by atoms with Crippen molar-refractivity contribution in [1.29, 1.82) is 0 Å². The summed E-state index contributed by atoms with van der Waals surface area (Å²) in [5.41, 5.74) is 4.17. The molecule has 0 aromatic heterocycles. The Bertz CT molecular complexity index is 1560. The minimum Gasteiger partial charge on any atom is -0.465 e. The highest BCUT2D eigenvalue weighted by atomic mass is 16.5. The molecule has 1 saturated carbocycles. The number of hydrogen-bond acceptors (Lipinski definition) is 4. The van der Waals surface area contributed by atoms with Crippen molar-refractivity contribution < 1.29 is 19.1 Å². The largest absolute Gasteiger partial charge is 0.465 e. The van der Waals surface area contributed by atoms with Gasteiger partial charge in [0.1, 0.15) is 5.41 Å². The molecule has 1 unspecified atom stereocenters. The summed E-state index contributed by atoms with van der Waals surface area (Å²) in [5.74, 6) is -1.62. The fourth-order valence-corrected chi connectivity index (χ4v) is 9.91. The molecule has 4 nitrogen and oxygen atoms in total. The Morgan fingerprint density at radius 3 is 1.43 bits per heavy atom. The van der Waals surface area contributed by atoms with Crippen molar-refractivity contribution >= 4 is 11.9 Å². The Kier molecular flexibility index (Phi) is 19.0. The van der Waals surface area contributed by atoms with Gasteiger partial charge in [0.15, 0.2) is 0 Å². The first-order valence-corrected chi connectivity index (χ1v) is 23.2. The van der Waals surface area contributed by atoms with E-state index in [9.17, 15) is 9.59 Å². The number of esters is 2.